The average molecular weight is 265 g/mol. The number of aliphatic hydroxyl groups is 1. The van der Waals surface area contributed by atoms with Crippen molar-refractivity contribution in [1.29, 1.82) is 0 Å². The van der Waals surface area contributed by atoms with Gasteiger partial charge in [0.15, 0.2) is 0 Å². The van der Waals surface area contributed by atoms with Crippen LogP contribution in [0.5, 0.6) is 5.75 Å². The quantitative estimate of drug-likeness (QED) is 0.831. The lowest BCUT2D eigenvalue weighted by molar-refractivity contribution is 0.183. The molecule has 0 aliphatic rings. The molecular formula is C16H27NO2. The largest absolute Gasteiger partial charge is 0.492 e. The van der Waals surface area contributed by atoms with Gasteiger partial charge in [-0.1, -0.05) is 45.4 Å². The van der Waals surface area contributed by atoms with Crippen LogP contribution in [0.4, 0.5) is 0 Å². The lowest BCUT2D eigenvalue weighted by Crippen LogP contribution is -2.37. The second-order valence-corrected chi connectivity index (χ2v) is 6.00. The molecule has 0 aromatic heterocycles. The van der Waals surface area contributed by atoms with E-state index < -0.39 is 0 Å². The first-order chi connectivity index (χ1) is 8.88. The maximum Gasteiger partial charge on any atom is 0.123 e. The minimum absolute atomic E-state index is 0.0147. The molecule has 3 nitrogen and oxygen atoms in total. The van der Waals surface area contributed by atoms with Gasteiger partial charge in [-0.15, -0.1) is 0 Å². The van der Waals surface area contributed by atoms with E-state index in [1.165, 1.54) is 11.1 Å². The summed E-state index contributed by atoms with van der Waals surface area (Å²) in [6.45, 7) is 12.1. The number of likely N-dealkylation sites (N-methyl/N-ethyl adjacent to an activating group) is 1. The van der Waals surface area contributed by atoms with Crippen LogP contribution in [0.1, 0.15) is 38.8 Å². The molecule has 0 bridgehead atoms. The summed E-state index contributed by atoms with van der Waals surface area (Å²) in [5.74, 6) is 0.912. The third-order valence-electron chi connectivity index (χ3n) is 3.10. The molecule has 0 amide bonds. The summed E-state index contributed by atoms with van der Waals surface area (Å²) < 4.78 is 5.90. The van der Waals surface area contributed by atoms with Crippen molar-refractivity contribution in [3.63, 3.8) is 0 Å². The van der Waals surface area contributed by atoms with E-state index in [1.807, 2.05) is 13.0 Å². The van der Waals surface area contributed by atoms with E-state index in [0.29, 0.717) is 6.61 Å². The van der Waals surface area contributed by atoms with Gasteiger partial charge in [-0.3, -0.25) is 0 Å². The van der Waals surface area contributed by atoms with E-state index in [4.69, 9.17) is 4.74 Å². The van der Waals surface area contributed by atoms with Gasteiger partial charge in [0, 0.05) is 0 Å². The highest BCUT2D eigenvalue weighted by Gasteiger charge is 2.19. The van der Waals surface area contributed by atoms with Crippen molar-refractivity contribution < 1.29 is 9.84 Å². The number of benzene rings is 1. The molecule has 2 N–H and O–H groups in total. The Morgan fingerprint density at radius 1 is 1.32 bits per heavy atom. The van der Waals surface area contributed by atoms with Crippen LogP contribution in [-0.4, -0.2) is 30.9 Å². The third kappa shape index (κ3) is 4.84. The molecule has 0 aliphatic heterocycles. The van der Waals surface area contributed by atoms with Crippen molar-refractivity contribution >= 4 is 0 Å². The highest BCUT2D eigenvalue weighted by atomic mass is 16.5. The molecule has 108 valence electrons. The van der Waals surface area contributed by atoms with Crippen LogP contribution >= 0.6 is 0 Å². The van der Waals surface area contributed by atoms with Gasteiger partial charge in [0.25, 0.3) is 0 Å². The van der Waals surface area contributed by atoms with Gasteiger partial charge in [-0.05, 0) is 30.5 Å². The first-order valence-corrected chi connectivity index (χ1v) is 6.96. The van der Waals surface area contributed by atoms with Crippen LogP contribution in [-0.2, 0) is 5.41 Å². The Morgan fingerprint density at radius 3 is 2.53 bits per heavy atom. The van der Waals surface area contributed by atoms with Crippen molar-refractivity contribution in [1.82, 2.24) is 5.32 Å². The van der Waals surface area contributed by atoms with E-state index in [0.717, 1.165) is 12.3 Å². The number of ether oxygens (including phenoxy) is 1. The zero-order valence-electron chi connectivity index (χ0n) is 12.8. The van der Waals surface area contributed by atoms with Gasteiger partial charge in [0.05, 0.1) is 12.6 Å². The topological polar surface area (TPSA) is 41.5 Å². The first kappa shape index (κ1) is 16.0. The minimum Gasteiger partial charge on any atom is -0.492 e. The Hall–Kier alpha value is -1.06. The van der Waals surface area contributed by atoms with Gasteiger partial charge in [0.2, 0.25) is 0 Å². The molecule has 3 heteroatoms. The summed E-state index contributed by atoms with van der Waals surface area (Å²) >= 11 is 0. The standard InChI is InChI=1S/C16H27NO2/c1-6-17-13(10-18)11-19-15-8-7-12(2)9-14(15)16(3,4)5/h7-9,13,17-18H,6,10-11H2,1-5H3. The Balaban J connectivity index is 2.83. The monoisotopic (exact) mass is 265 g/mol. The lowest BCUT2D eigenvalue weighted by Gasteiger charge is -2.25. The van der Waals surface area contributed by atoms with E-state index in [-0.39, 0.29) is 18.1 Å². The van der Waals surface area contributed by atoms with Gasteiger partial charge in [0.1, 0.15) is 12.4 Å². The van der Waals surface area contributed by atoms with Crippen LogP contribution < -0.4 is 10.1 Å². The third-order valence-corrected chi connectivity index (χ3v) is 3.10. The first-order valence-electron chi connectivity index (χ1n) is 6.96. The summed E-state index contributed by atoms with van der Waals surface area (Å²) in [5.41, 5.74) is 2.50. The van der Waals surface area contributed by atoms with Gasteiger partial charge < -0.3 is 15.2 Å². The predicted octanol–water partition coefficient (Wildman–Crippen LogP) is 2.64. The van der Waals surface area contributed by atoms with Gasteiger partial charge >= 0.3 is 0 Å². The molecule has 0 radical (unpaired) electrons. The molecule has 0 spiro atoms. The summed E-state index contributed by atoms with van der Waals surface area (Å²) in [6, 6.07) is 6.25. The summed E-state index contributed by atoms with van der Waals surface area (Å²) in [4.78, 5) is 0. The number of hydrogen-bond donors (Lipinski definition) is 2. The number of rotatable bonds is 6. The molecule has 0 saturated heterocycles. The average Bonchev–Trinajstić information content (AvgIpc) is 2.34. The highest BCUT2D eigenvalue weighted by molar-refractivity contribution is 5.41. The molecule has 1 rings (SSSR count). The predicted molar refractivity (Wildman–Crippen MR) is 79.9 cm³/mol. The normalized spacial score (nSPS) is 13.4. The van der Waals surface area contributed by atoms with Crippen LogP contribution in [0.3, 0.4) is 0 Å². The van der Waals surface area contributed by atoms with Crippen molar-refractivity contribution in [2.45, 2.75) is 46.1 Å². The molecule has 0 saturated carbocycles. The van der Waals surface area contributed by atoms with Crippen molar-refractivity contribution in [2.75, 3.05) is 19.8 Å². The maximum atomic E-state index is 9.27. The minimum atomic E-state index is -0.0147. The van der Waals surface area contributed by atoms with E-state index in [9.17, 15) is 5.11 Å². The molecule has 0 fully saturated rings. The molecule has 19 heavy (non-hydrogen) atoms. The second-order valence-electron chi connectivity index (χ2n) is 6.00. The smallest absolute Gasteiger partial charge is 0.123 e. The summed E-state index contributed by atoms with van der Waals surface area (Å²) in [7, 11) is 0. The fourth-order valence-corrected chi connectivity index (χ4v) is 2.01. The lowest BCUT2D eigenvalue weighted by atomic mass is 9.85. The molecule has 1 atom stereocenters. The molecule has 1 unspecified atom stereocenters. The van der Waals surface area contributed by atoms with Crippen LogP contribution in [0.25, 0.3) is 0 Å². The second kappa shape index (κ2) is 6.92. The molecule has 1 aromatic carbocycles. The summed E-state index contributed by atoms with van der Waals surface area (Å²) in [6.07, 6.45) is 0. The van der Waals surface area contributed by atoms with E-state index >= 15 is 0 Å². The van der Waals surface area contributed by atoms with E-state index in [1.54, 1.807) is 0 Å². The molecule has 0 aliphatic carbocycles. The number of nitrogens with one attached hydrogen (secondary N) is 1. The Labute approximate surface area is 117 Å². The Morgan fingerprint density at radius 2 is 2.00 bits per heavy atom. The Kier molecular flexibility index (Phi) is 5.83. The molecular weight excluding hydrogens is 238 g/mol. The molecule has 0 heterocycles. The van der Waals surface area contributed by atoms with Crippen molar-refractivity contribution in [3.8, 4) is 5.75 Å². The van der Waals surface area contributed by atoms with Gasteiger partial charge in [-0.25, -0.2) is 0 Å². The van der Waals surface area contributed by atoms with Crippen LogP contribution in [0, 0.1) is 6.92 Å². The summed E-state index contributed by atoms with van der Waals surface area (Å²) in [5, 5.41) is 12.5. The van der Waals surface area contributed by atoms with Gasteiger partial charge in [-0.2, -0.15) is 0 Å². The SMILES string of the molecule is CCNC(CO)COc1ccc(C)cc1C(C)(C)C. The number of aliphatic hydroxyl groups excluding tert-OH is 1. The number of aryl methyl sites for hydroxylation is 1. The fraction of sp³-hybridized carbons (Fsp3) is 0.625. The highest BCUT2D eigenvalue weighted by Crippen LogP contribution is 2.32. The zero-order valence-corrected chi connectivity index (χ0v) is 12.8. The van der Waals surface area contributed by atoms with Crippen molar-refractivity contribution in [3.05, 3.63) is 29.3 Å². The van der Waals surface area contributed by atoms with Crippen molar-refractivity contribution in [2.24, 2.45) is 0 Å². The molecule has 1 aromatic rings. The van der Waals surface area contributed by atoms with Crippen LogP contribution in [0.2, 0.25) is 0 Å². The van der Waals surface area contributed by atoms with Crippen LogP contribution in [0.15, 0.2) is 18.2 Å². The van der Waals surface area contributed by atoms with E-state index in [2.05, 4.69) is 45.1 Å². The zero-order chi connectivity index (χ0) is 14.5. The fourth-order valence-electron chi connectivity index (χ4n) is 2.01. The number of hydrogen-bond acceptors (Lipinski definition) is 3. The maximum absolute atomic E-state index is 9.27. The Bertz CT molecular complexity index is 396.